The molecule has 0 radical (unpaired) electrons. The minimum Gasteiger partial charge on any atom is -0.490 e. The van der Waals surface area contributed by atoms with Gasteiger partial charge in [-0.2, -0.15) is 0 Å². The summed E-state index contributed by atoms with van der Waals surface area (Å²) in [6.45, 7) is 2.81. The van der Waals surface area contributed by atoms with E-state index in [-0.39, 0.29) is 11.9 Å². The summed E-state index contributed by atoms with van der Waals surface area (Å²) < 4.78 is 18.5. The fraction of sp³-hybridized carbons (Fsp3) is 0.250. The van der Waals surface area contributed by atoms with Gasteiger partial charge < -0.3 is 10.1 Å². The fourth-order valence-corrected chi connectivity index (χ4v) is 2.36. The van der Waals surface area contributed by atoms with Crippen LogP contribution in [-0.4, -0.2) is 6.10 Å². The number of anilines is 1. The molecule has 0 bridgehead atoms. The van der Waals surface area contributed by atoms with Gasteiger partial charge in [0.1, 0.15) is 17.7 Å². The Morgan fingerprint density at radius 3 is 2.79 bits per heavy atom. The minimum atomic E-state index is -0.214. The monoisotopic (exact) mass is 257 g/mol. The van der Waals surface area contributed by atoms with E-state index in [1.54, 1.807) is 12.1 Å². The van der Waals surface area contributed by atoms with E-state index in [1.165, 1.54) is 23.3 Å². The molecule has 2 nitrogen and oxygen atoms in total. The molecule has 0 fully saturated rings. The van der Waals surface area contributed by atoms with Gasteiger partial charge in [-0.25, -0.2) is 4.39 Å². The Morgan fingerprint density at radius 1 is 1.21 bits per heavy atom. The quantitative estimate of drug-likeness (QED) is 0.904. The molecule has 0 aliphatic carbocycles. The number of halogens is 1. The van der Waals surface area contributed by atoms with Crippen LogP contribution >= 0.6 is 0 Å². The van der Waals surface area contributed by atoms with Crippen LogP contribution in [0.3, 0.4) is 0 Å². The van der Waals surface area contributed by atoms with Crippen molar-refractivity contribution in [2.24, 2.45) is 0 Å². The average Bonchev–Trinajstić information content (AvgIpc) is 2.77. The largest absolute Gasteiger partial charge is 0.490 e. The Hall–Kier alpha value is -2.03. The van der Waals surface area contributed by atoms with Gasteiger partial charge in [0, 0.05) is 18.7 Å². The normalized spacial score (nSPS) is 16.8. The molecule has 0 spiro atoms. The molecule has 2 aromatic rings. The molecule has 0 saturated carbocycles. The second-order valence-corrected chi connectivity index (χ2v) is 4.94. The van der Waals surface area contributed by atoms with Crippen LogP contribution in [0.4, 0.5) is 10.1 Å². The van der Waals surface area contributed by atoms with E-state index in [9.17, 15) is 4.39 Å². The maximum absolute atomic E-state index is 12.8. The second kappa shape index (κ2) is 4.92. The molecule has 1 aliphatic heterocycles. The van der Waals surface area contributed by atoms with Crippen LogP contribution in [0.25, 0.3) is 0 Å². The first kappa shape index (κ1) is 12.0. The van der Waals surface area contributed by atoms with E-state index < -0.39 is 0 Å². The molecule has 0 saturated heterocycles. The maximum Gasteiger partial charge on any atom is 0.123 e. The lowest BCUT2D eigenvalue weighted by Crippen LogP contribution is -2.05. The van der Waals surface area contributed by atoms with Crippen molar-refractivity contribution >= 4 is 5.69 Å². The molecule has 98 valence electrons. The Kier molecular flexibility index (Phi) is 3.11. The zero-order valence-electron chi connectivity index (χ0n) is 10.8. The summed E-state index contributed by atoms with van der Waals surface area (Å²) in [4.78, 5) is 0. The van der Waals surface area contributed by atoms with Crippen molar-refractivity contribution in [3.8, 4) is 5.75 Å². The van der Waals surface area contributed by atoms with Crippen LogP contribution in [0.5, 0.6) is 5.75 Å². The molecule has 3 rings (SSSR count). The van der Waals surface area contributed by atoms with Gasteiger partial charge in [0.25, 0.3) is 0 Å². The first-order chi connectivity index (χ1) is 9.20. The third-order valence-electron chi connectivity index (χ3n) is 3.30. The van der Waals surface area contributed by atoms with Crippen molar-refractivity contribution in [1.29, 1.82) is 0 Å². The van der Waals surface area contributed by atoms with Crippen molar-refractivity contribution in [2.45, 2.75) is 26.0 Å². The third kappa shape index (κ3) is 2.70. The number of ether oxygens (including phenoxy) is 1. The lowest BCUT2D eigenvalue weighted by atomic mass is 10.1. The second-order valence-electron chi connectivity index (χ2n) is 4.94. The van der Waals surface area contributed by atoms with Gasteiger partial charge in [0.05, 0.1) is 0 Å². The summed E-state index contributed by atoms with van der Waals surface area (Å²) in [5.41, 5.74) is 3.40. The van der Waals surface area contributed by atoms with Crippen molar-refractivity contribution in [3.63, 3.8) is 0 Å². The summed E-state index contributed by atoms with van der Waals surface area (Å²) >= 11 is 0. The number of benzene rings is 2. The number of nitrogens with one attached hydrogen (secondary N) is 1. The smallest absolute Gasteiger partial charge is 0.123 e. The molecule has 1 aliphatic rings. The summed E-state index contributed by atoms with van der Waals surface area (Å²) in [6.07, 6.45) is 1.25. The topological polar surface area (TPSA) is 21.3 Å². The number of fused-ring (bicyclic) bond motifs is 1. The van der Waals surface area contributed by atoms with Crippen LogP contribution in [0.15, 0.2) is 42.5 Å². The van der Waals surface area contributed by atoms with Crippen LogP contribution in [0.1, 0.15) is 18.1 Å². The summed E-state index contributed by atoms with van der Waals surface area (Å²) in [6, 6.07) is 12.7. The van der Waals surface area contributed by atoms with Gasteiger partial charge in [-0.3, -0.25) is 0 Å². The van der Waals surface area contributed by atoms with Crippen LogP contribution in [-0.2, 0) is 13.0 Å². The van der Waals surface area contributed by atoms with Crippen molar-refractivity contribution in [2.75, 3.05) is 5.32 Å². The lowest BCUT2D eigenvalue weighted by molar-refractivity contribution is 0.254. The van der Waals surface area contributed by atoms with Crippen LogP contribution in [0.2, 0.25) is 0 Å². The van der Waals surface area contributed by atoms with Crippen molar-refractivity contribution in [3.05, 3.63) is 59.4 Å². The highest BCUT2D eigenvalue weighted by Gasteiger charge is 2.18. The minimum absolute atomic E-state index is 0.214. The highest BCUT2D eigenvalue weighted by molar-refractivity contribution is 5.45. The molecular formula is C16H16FNO. The molecule has 2 aromatic carbocycles. The van der Waals surface area contributed by atoms with Gasteiger partial charge in [0.15, 0.2) is 0 Å². The van der Waals surface area contributed by atoms with Crippen LogP contribution in [0, 0.1) is 5.82 Å². The van der Waals surface area contributed by atoms with E-state index in [1.807, 2.05) is 6.07 Å². The van der Waals surface area contributed by atoms with E-state index in [0.717, 1.165) is 24.4 Å². The van der Waals surface area contributed by atoms with Gasteiger partial charge in [-0.05, 0) is 48.4 Å². The average molecular weight is 257 g/mol. The third-order valence-corrected chi connectivity index (χ3v) is 3.30. The summed E-state index contributed by atoms with van der Waals surface area (Å²) in [7, 11) is 0. The van der Waals surface area contributed by atoms with Crippen LogP contribution < -0.4 is 10.1 Å². The summed E-state index contributed by atoms with van der Waals surface area (Å²) in [5.74, 6) is 0.784. The molecule has 1 atom stereocenters. The van der Waals surface area contributed by atoms with Crippen molar-refractivity contribution in [1.82, 2.24) is 0 Å². The maximum atomic E-state index is 12.8. The molecule has 3 heteroatoms. The van der Waals surface area contributed by atoms with Gasteiger partial charge in [0.2, 0.25) is 0 Å². The Bertz CT molecular complexity index is 580. The number of hydrogen-bond donors (Lipinski definition) is 1. The SMILES string of the molecule is C[C@@H]1Cc2cc(CNc3ccc(F)cc3)ccc2O1. The molecule has 1 heterocycles. The summed E-state index contributed by atoms with van der Waals surface area (Å²) in [5, 5.41) is 3.28. The first-order valence-corrected chi connectivity index (χ1v) is 6.48. The predicted molar refractivity (Wildman–Crippen MR) is 74.0 cm³/mol. The molecule has 1 N–H and O–H groups in total. The highest BCUT2D eigenvalue weighted by atomic mass is 19.1. The predicted octanol–water partition coefficient (Wildman–Crippen LogP) is 3.76. The molecule has 0 unspecified atom stereocenters. The van der Waals surface area contributed by atoms with E-state index in [2.05, 4.69) is 24.4 Å². The van der Waals surface area contributed by atoms with Gasteiger partial charge >= 0.3 is 0 Å². The Balaban J connectivity index is 1.68. The Labute approximate surface area is 112 Å². The first-order valence-electron chi connectivity index (χ1n) is 6.48. The molecule has 0 aromatic heterocycles. The molecular weight excluding hydrogens is 241 g/mol. The number of rotatable bonds is 3. The molecule has 19 heavy (non-hydrogen) atoms. The molecule has 0 amide bonds. The lowest BCUT2D eigenvalue weighted by Gasteiger charge is -2.07. The standard InChI is InChI=1S/C16H16FNO/c1-11-8-13-9-12(2-7-16(13)19-11)10-18-15-5-3-14(17)4-6-15/h2-7,9,11,18H,8,10H2,1H3/t11-/m1/s1. The van der Waals surface area contributed by atoms with E-state index in [0.29, 0.717) is 0 Å². The fourth-order valence-electron chi connectivity index (χ4n) is 2.36. The Morgan fingerprint density at radius 2 is 2.00 bits per heavy atom. The van der Waals surface area contributed by atoms with Crippen molar-refractivity contribution < 1.29 is 9.13 Å². The zero-order valence-corrected chi connectivity index (χ0v) is 10.8. The van der Waals surface area contributed by atoms with E-state index in [4.69, 9.17) is 4.74 Å². The highest BCUT2D eigenvalue weighted by Crippen LogP contribution is 2.29. The number of hydrogen-bond acceptors (Lipinski definition) is 2. The van der Waals surface area contributed by atoms with Gasteiger partial charge in [-0.1, -0.05) is 12.1 Å². The zero-order chi connectivity index (χ0) is 13.2. The van der Waals surface area contributed by atoms with Gasteiger partial charge in [-0.15, -0.1) is 0 Å². The van der Waals surface area contributed by atoms with E-state index >= 15 is 0 Å².